The van der Waals surface area contributed by atoms with Crippen LogP contribution in [-0.4, -0.2) is 31.9 Å². The number of aromatic nitrogens is 5. The van der Waals surface area contributed by atoms with Crippen molar-refractivity contribution in [1.29, 1.82) is 0 Å². The fraction of sp³-hybridized carbons (Fsp3) is 0.200. The molecule has 0 spiro atoms. The smallest absolute Gasteiger partial charge is 0.350 e. The van der Waals surface area contributed by atoms with Crippen LogP contribution in [0.15, 0.2) is 53.1 Å². The number of rotatable bonds is 6. The first-order chi connectivity index (χ1) is 14.4. The average molecular weight is 475 g/mol. The van der Waals surface area contributed by atoms with Crippen LogP contribution >= 0.6 is 15.9 Å². The number of alkyl halides is 2. The van der Waals surface area contributed by atoms with Gasteiger partial charge in [-0.05, 0) is 70.4 Å². The summed E-state index contributed by atoms with van der Waals surface area (Å²) in [5.74, 6) is -2.82. The standard InChI is InChI=1S/C20H17BrF2N6O/c1-12-9-15(30-2)5-3-13(12)10-24-17-7-6-16(25-26-17)20(22,23)19-28-27-18-8-4-14(21)11-29(18)19/h3-9,11H,10H2,1-2H3,(H,24,26). The average Bonchev–Trinajstić information content (AvgIpc) is 3.17. The second-order valence-electron chi connectivity index (χ2n) is 6.62. The number of anilines is 1. The molecule has 4 rings (SSSR count). The maximum Gasteiger partial charge on any atom is 0.350 e. The van der Waals surface area contributed by atoms with Gasteiger partial charge in [0.1, 0.15) is 17.3 Å². The van der Waals surface area contributed by atoms with E-state index in [0.29, 0.717) is 22.5 Å². The Morgan fingerprint density at radius 1 is 1.07 bits per heavy atom. The van der Waals surface area contributed by atoms with E-state index in [9.17, 15) is 0 Å². The van der Waals surface area contributed by atoms with E-state index < -0.39 is 17.4 Å². The summed E-state index contributed by atoms with van der Waals surface area (Å²) in [4.78, 5) is 0. The largest absolute Gasteiger partial charge is 0.497 e. The molecule has 0 aliphatic rings. The van der Waals surface area contributed by atoms with Gasteiger partial charge in [0.15, 0.2) is 5.65 Å². The lowest BCUT2D eigenvalue weighted by Gasteiger charge is -2.14. The number of benzene rings is 1. The number of nitrogens with one attached hydrogen (secondary N) is 1. The maximum absolute atomic E-state index is 15.0. The number of fused-ring (bicyclic) bond motifs is 1. The summed E-state index contributed by atoms with van der Waals surface area (Å²) in [5, 5.41) is 18.2. The molecule has 0 saturated carbocycles. The van der Waals surface area contributed by atoms with Crippen molar-refractivity contribution in [2.24, 2.45) is 0 Å². The Hall–Kier alpha value is -3.14. The van der Waals surface area contributed by atoms with Gasteiger partial charge in [0.25, 0.3) is 0 Å². The Morgan fingerprint density at radius 2 is 1.90 bits per heavy atom. The molecule has 0 aliphatic heterocycles. The van der Waals surface area contributed by atoms with Crippen molar-refractivity contribution in [1.82, 2.24) is 24.8 Å². The van der Waals surface area contributed by atoms with Gasteiger partial charge in [0.2, 0.25) is 5.82 Å². The number of nitrogens with zero attached hydrogens (tertiary/aromatic N) is 5. The van der Waals surface area contributed by atoms with Crippen molar-refractivity contribution in [2.75, 3.05) is 12.4 Å². The van der Waals surface area contributed by atoms with Crippen molar-refractivity contribution in [3.05, 3.63) is 75.8 Å². The number of hydrogen-bond donors (Lipinski definition) is 1. The minimum absolute atomic E-state index is 0.314. The zero-order valence-electron chi connectivity index (χ0n) is 16.1. The predicted octanol–water partition coefficient (Wildman–Crippen LogP) is 4.35. The van der Waals surface area contributed by atoms with Crippen LogP contribution in [-0.2, 0) is 12.5 Å². The van der Waals surface area contributed by atoms with Crippen LogP contribution in [0.1, 0.15) is 22.6 Å². The molecular weight excluding hydrogens is 458 g/mol. The van der Waals surface area contributed by atoms with Gasteiger partial charge in [-0.25, -0.2) is 0 Å². The van der Waals surface area contributed by atoms with Crippen LogP contribution in [0.25, 0.3) is 5.65 Å². The highest BCUT2D eigenvalue weighted by Gasteiger charge is 2.41. The van der Waals surface area contributed by atoms with Crippen molar-refractivity contribution in [3.63, 3.8) is 0 Å². The number of halogens is 3. The van der Waals surface area contributed by atoms with Crippen molar-refractivity contribution < 1.29 is 13.5 Å². The van der Waals surface area contributed by atoms with E-state index in [2.05, 4.69) is 41.6 Å². The molecule has 3 aromatic heterocycles. The van der Waals surface area contributed by atoms with Gasteiger partial charge in [0, 0.05) is 17.2 Å². The van der Waals surface area contributed by atoms with Gasteiger partial charge < -0.3 is 10.1 Å². The molecule has 3 heterocycles. The molecule has 7 nitrogen and oxygen atoms in total. The molecule has 0 atom stereocenters. The van der Waals surface area contributed by atoms with Crippen LogP contribution in [0.4, 0.5) is 14.6 Å². The van der Waals surface area contributed by atoms with Crippen LogP contribution in [0.3, 0.4) is 0 Å². The Labute approximate surface area is 179 Å². The Balaban J connectivity index is 1.53. The SMILES string of the molecule is COc1ccc(CNc2ccc(C(F)(F)c3nnc4ccc(Br)cn34)nn2)c(C)c1. The second kappa shape index (κ2) is 7.94. The predicted molar refractivity (Wildman–Crippen MR) is 111 cm³/mol. The van der Waals surface area contributed by atoms with E-state index in [1.54, 1.807) is 19.2 Å². The molecule has 0 amide bonds. The number of pyridine rings is 1. The van der Waals surface area contributed by atoms with Crippen molar-refractivity contribution in [2.45, 2.75) is 19.4 Å². The highest BCUT2D eigenvalue weighted by molar-refractivity contribution is 9.10. The van der Waals surface area contributed by atoms with E-state index >= 15 is 8.78 Å². The molecule has 0 aliphatic carbocycles. The molecule has 0 bridgehead atoms. The number of hydrogen-bond acceptors (Lipinski definition) is 6. The zero-order chi connectivity index (χ0) is 21.3. The Bertz CT molecular complexity index is 1200. The fourth-order valence-corrected chi connectivity index (χ4v) is 3.30. The highest BCUT2D eigenvalue weighted by Crippen LogP contribution is 2.33. The van der Waals surface area contributed by atoms with E-state index in [-0.39, 0.29) is 0 Å². The van der Waals surface area contributed by atoms with Crippen LogP contribution < -0.4 is 10.1 Å². The summed E-state index contributed by atoms with van der Waals surface area (Å²) in [6.07, 6.45) is 1.49. The summed E-state index contributed by atoms with van der Waals surface area (Å²) in [7, 11) is 1.61. The van der Waals surface area contributed by atoms with Gasteiger partial charge in [-0.3, -0.25) is 4.40 Å². The second-order valence-corrected chi connectivity index (χ2v) is 7.54. The molecule has 0 unspecified atom stereocenters. The van der Waals surface area contributed by atoms with Crippen LogP contribution in [0.5, 0.6) is 5.75 Å². The molecule has 0 radical (unpaired) electrons. The summed E-state index contributed by atoms with van der Waals surface area (Å²) < 4.78 is 37.1. The minimum atomic E-state index is -3.46. The Morgan fingerprint density at radius 3 is 2.60 bits per heavy atom. The van der Waals surface area contributed by atoms with Gasteiger partial charge in [0.05, 0.1) is 7.11 Å². The van der Waals surface area contributed by atoms with E-state index in [0.717, 1.165) is 16.9 Å². The number of aryl methyl sites for hydroxylation is 1. The lowest BCUT2D eigenvalue weighted by molar-refractivity contribution is 0.0261. The molecule has 4 aromatic rings. The van der Waals surface area contributed by atoms with Gasteiger partial charge >= 0.3 is 5.92 Å². The topological polar surface area (TPSA) is 77.2 Å². The van der Waals surface area contributed by atoms with Gasteiger partial charge in [-0.2, -0.15) is 8.78 Å². The molecule has 10 heteroatoms. The third-order valence-electron chi connectivity index (χ3n) is 4.64. The monoisotopic (exact) mass is 474 g/mol. The van der Waals surface area contributed by atoms with E-state index in [1.165, 1.54) is 22.7 Å². The molecule has 0 fully saturated rings. The summed E-state index contributed by atoms with van der Waals surface area (Å²) in [6, 6.07) is 11.7. The summed E-state index contributed by atoms with van der Waals surface area (Å²) in [5.41, 5.74) is 1.88. The normalized spacial score (nSPS) is 11.6. The first kappa shape index (κ1) is 20.1. The Kier molecular flexibility index (Phi) is 5.33. The highest BCUT2D eigenvalue weighted by atomic mass is 79.9. The van der Waals surface area contributed by atoms with E-state index in [1.807, 2.05) is 25.1 Å². The van der Waals surface area contributed by atoms with Crippen LogP contribution in [0, 0.1) is 6.92 Å². The molecule has 30 heavy (non-hydrogen) atoms. The molecule has 1 N–H and O–H groups in total. The summed E-state index contributed by atoms with van der Waals surface area (Å²) in [6.45, 7) is 2.44. The molecular formula is C20H17BrF2N6O. The lowest BCUT2D eigenvalue weighted by Crippen LogP contribution is -2.21. The van der Waals surface area contributed by atoms with Crippen molar-refractivity contribution >= 4 is 27.4 Å². The maximum atomic E-state index is 15.0. The fourth-order valence-electron chi connectivity index (χ4n) is 2.97. The third kappa shape index (κ3) is 3.82. The number of methoxy groups -OCH3 is 1. The van der Waals surface area contributed by atoms with E-state index in [4.69, 9.17) is 4.74 Å². The molecule has 154 valence electrons. The first-order valence-corrected chi connectivity index (χ1v) is 9.78. The first-order valence-electron chi connectivity index (χ1n) is 8.98. The quantitative estimate of drug-likeness (QED) is 0.447. The minimum Gasteiger partial charge on any atom is -0.497 e. The van der Waals surface area contributed by atoms with Gasteiger partial charge in [-0.1, -0.05) is 6.07 Å². The summed E-state index contributed by atoms with van der Waals surface area (Å²) >= 11 is 3.27. The van der Waals surface area contributed by atoms with Gasteiger partial charge in [-0.15, -0.1) is 20.4 Å². The van der Waals surface area contributed by atoms with Crippen molar-refractivity contribution in [3.8, 4) is 5.75 Å². The third-order valence-corrected chi connectivity index (χ3v) is 5.11. The molecule has 1 aromatic carbocycles. The zero-order valence-corrected chi connectivity index (χ0v) is 17.7. The number of ether oxygens (including phenoxy) is 1. The molecule has 0 saturated heterocycles. The lowest BCUT2D eigenvalue weighted by atomic mass is 10.1. The van der Waals surface area contributed by atoms with Crippen LogP contribution in [0.2, 0.25) is 0 Å².